The van der Waals surface area contributed by atoms with Crippen LogP contribution in [0, 0.1) is 6.92 Å². The van der Waals surface area contributed by atoms with Gasteiger partial charge in [0.05, 0.1) is 13.7 Å². The first-order valence-electron chi connectivity index (χ1n) is 8.00. The maximum absolute atomic E-state index is 12.0. The third-order valence-corrected chi connectivity index (χ3v) is 3.64. The molecule has 0 atom stereocenters. The van der Waals surface area contributed by atoms with Crippen LogP contribution in [0.5, 0.6) is 17.2 Å². The summed E-state index contributed by atoms with van der Waals surface area (Å²) in [7, 11) is 1.58. The smallest absolute Gasteiger partial charge is 0.336 e. The van der Waals surface area contributed by atoms with Crippen molar-refractivity contribution in [2.45, 2.75) is 20.3 Å². The molecule has 0 unspecified atom stereocenters. The van der Waals surface area contributed by atoms with Crippen LogP contribution < -0.4 is 14.2 Å². The highest BCUT2D eigenvalue weighted by Gasteiger charge is 2.07. The third kappa shape index (κ3) is 5.54. The highest BCUT2D eigenvalue weighted by atomic mass is 35.5. The predicted molar refractivity (Wildman–Crippen MR) is 99.6 cm³/mol. The third-order valence-electron chi connectivity index (χ3n) is 3.41. The van der Waals surface area contributed by atoms with Crippen LogP contribution in [0.15, 0.2) is 42.5 Å². The van der Waals surface area contributed by atoms with Gasteiger partial charge in [-0.15, -0.1) is 0 Å². The van der Waals surface area contributed by atoms with E-state index in [0.717, 1.165) is 17.5 Å². The summed E-state index contributed by atoms with van der Waals surface area (Å²) in [5.74, 6) is 1.33. The maximum Gasteiger partial charge on any atom is 0.336 e. The van der Waals surface area contributed by atoms with Gasteiger partial charge in [-0.1, -0.05) is 24.6 Å². The number of carbonyl (C=O) groups excluding carboxylic acids is 1. The molecule has 0 bridgehead atoms. The first kappa shape index (κ1) is 18.9. The van der Waals surface area contributed by atoms with Gasteiger partial charge in [-0.3, -0.25) is 0 Å². The van der Waals surface area contributed by atoms with Crippen molar-refractivity contribution in [1.29, 1.82) is 0 Å². The average molecular weight is 361 g/mol. The SMILES string of the molecule is CCCOc1ccc(/C=C/C(=O)Oc2ccc(Cl)cc2C)cc1OC. The van der Waals surface area contributed by atoms with Gasteiger partial charge < -0.3 is 14.2 Å². The van der Waals surface area contributed by atoms with Gasteiger partial charge in [0.25, 0.3) is 0 Å². The Morgan fingerprint density at radius 1 is 1.12 bits per heavy atom. The number of hydrogen-bond donors (Lipinski definition) is 0. The summed E-state index contributed by atoms with van der Waals surface area (Å²) in [6.07, 6.45) is 3.95. The van der Waals surface area contributed by atoms with E-state index in [4.69, 9.17) is 25.8 Å². The molecule has 0 saturated carbocycles. The second kappa shape index (κ2) is 9.14. The van der Waals surface area contributed by atoms with Crippen LogP contribution in [0.3, 0.4) is 0 Å². The van der Waals surface area contributed by atoms with Crippen molar-refractivity contribution in [2.24, 2.45) is 0 Å². The first-order valence-corrected chi connectivity index (χ1v) is 8.38. The Bertz CT molecular complexity index is 768. The van der Waals surface area contributed by atoms with E-state index >= 15 is 0 Å². The summed E-state index contributed by atoms with van der Waals surface area (Å²) in [4.78, 5) is 12.0. The molecule has 0 radical (unpaired) electrons. The molecule has 2 aromatic rings. The fraction of sp³-hybridized carbons (Fsp3) is 0.250. The highest BCUT2D eigenvalue weighted by Crippen LogP contribution is 2.28. The van der Waals surface area contributed by atoms with Crippen LogP contribution >= 0.6 is 11.6 Å². The number of rotatable bonds is 7. The van der Waals surface area contributed by atoms with Crippen molar-refractivity contribution in [3.05, 3.63) is 58.6 Å². The maximum atomic E-state index is 12.0. The van der Waals surface area contributed by atoms with Gasteiger partial charge in [0.1, 0.15) is 5.75 Å². The lowest BCUT2D eigenvalue weighted by Crippen LogP contribution is -2.04. The summed E-state index contributed by atoms with van der Waals surface area (Å²) in [5, 5.41) is 0.602. The van der Waals surface area contributed by atoms with Gasteiger partial charge in [0, 0.05) is 11.1 Å². The van der Waals surface area contributed by atoms with E-state index in [1.807, 2.05) is 32.0 Å². The normalized spacial score (nSPS) is 10.7. The molecule has 132 valence electrons. The molecule has 0 aliphatic rings. The zero-order valence-electron chi connectivity index (χ0n) is 14.5. The van der Waals surface area contributed by atoms with Gasteiger partial charge in [-0.05, 0) is 60.9 Å². The molecule has 0 spiro atoms. The molecule has 0 aliphatic heterocycles. The Hall–Kier alpha value is -2.46. The Morgan fingerprint density at radius 3 is 2.56 bits per heavy atom. The summed E-state index contributed by atoms with van der Waals surface area (Å²) >= 11 is 5.89. The first-order chi connectivity index (χ1) is 12.0. The van der Waals surface area contributed by atoms with E-state index in [1.165, 1.54) is 6.08 Å². The number of carbonyl (C=O) groups is 1. The number of hydrogen-bond acceptors (Lipinski definition) is 4. The van der Waals surface area contributed by atoms with Gasteiger partial charge >= 0.3 is 5.97 Å². The quantitative estimate of drug-likeness (QED) is 0.393. The molecule has 0 heterocycles. The molecule has 0 aliphatic carbocycles. The molecule has 0 N–H and O–H groups in total. The minimum atomic E-state index is -0.462. The van der Waals surface area contributed by atoms with E-state index < -0.39 is 5.97 Å². The zero-order valence-corrected chi connectivity index (χ0v) is 15.3. The Kier molecular flexibility index (Phi) is 6.90. The summed E-state index contributed by atoms with van der Waals surface area (Å²) in [5.41, 5.74) is 1.61. The molecular weight excluding hydrogens is 340 g/mol. The molecule has 0 aromatic heterocycles. The van der Waals surface area contributed by atoms with E-state index in [1.54, 1.807) is 31.4 Å². The van der Waals surface area contributed by atoms with Crippen LogP contribution in [-0.2, 0) is 4.79 Å². The van der Waals surface area contributed by atoms with Crippen molar-refractivity contribution in [1.82, 2.24) is 0 Å². The van der Waals surface area contributed by atoms with Crippen molar-refractivity contribution < 1.29 is 19.0 Å². The molecular formula is C20H21ClO4. The molecule has 2 aromatic carbocycles. The lowest BCUT2D eigenvalue weighted by Gasteiger charge is -2.10. The van der Waals surface area contributed by atoms with E-state index in [2.05, 4.69) is 0 Å². The van der Waals surface area contributed by atoms with E-state index in [9.17, 15) is 4.79 Å². The fourth-order valence-electron chi connectivity index (χ4n) is 2.15. The van der Waals surface area contributed by atoms with Crippen molar-refractivity contribution in [3.8, 4) is 17.2 Å². The predicted octanol–water partition coefficient (Wildman–Crippen LogP) is 5.06. The standard InChI is InChI=1S/C20H21ClO4/c1-4-11-24-18-8-5-15(13-19(18)23-3)6-10-20(22)25-17-9-7-16(21)12-14(17)2/h5-10,12-13H,4,11H2,1-3H3/b10-6+. The number of benzene rings is 2. The molecule has 2 rings (SSSR count). The van der Waals surface area contributed by atoms with Crippen LogP contribution in [0.4, 0.5) is 0 Å². The lowest BCUT2D eigenvalue weighted by atomic mass is 10.2. The topological polar surface area (TPSA) is 44.8 Å². The zero-order chi connectivity index (χ0) is 18.2. The molecule has 0 fully saturated rings. The second-order valence-electron chi connectivity index (χ2n) is 5.42. The van der Waals surface area contributed by atoms with E-state index in [0.29, 0.717) is 28.9 Å². The van der Waals surface area contributed by atoms with Gasteiger partial charge in [-0.2, -0.15) is 0 Å². The Balaban J connectivity index is 2.06. The van der Waals surface area contributed by atoms with Gasteiger partial charge in [0.15, 0.2) is 11.5 Å². The molecule has 25 heavy (non-hydrogen) atoms. The number of ether oxygens (including phenoxy) is 3. The monoisotopic (exact) mass is 360 g/mol. The molecule has 0 amide bonds. The number of methoxy groups -OCH3 is 1. The molecule has 4 nitrogen and oxygen atoms in total. The van der Waals surface area contributed by atoms with Gasteiger partial charge in [0.2, 0.25) is 0 Å². The molecule has 5 heteroatoms. The minimum Gasteiger partial charge on any atom is -0.493 e. The number of halogens is 1. The number of aryl methyl sites for hydroxylation is 1. The Labute approximate surface area is 153 Å². The molecule has 0 saturated heterocycles. The summed E-state index contributed by atoms with van der Waals surface area (Å²) in [6.45, 7) is 4.49. The summed E-state index contributed by atoms with van der Waals surface area (Å²) in [6, 6.07) is 10.6. The Morgan fingerprint density at radius 2 is 1.88 bits per heavy atom. The van der Waals surface area contributed by atoms with Crippen LogP contribution in [-0.4, -0.2) is 19.7 Å². The van der Waals surface area contributed by atoms with Crippen molar-refractivity contribution in [3.63, 3.8) is 0 Å². The number of esters is 1. The lowest BCUT2D eigenvalue weighted by molar-refractivity contribution is -0.128. The summed E-state index contributed by atoms with van der Waals surface area (Å²) < 4.78 is 16.2. The second-order valence-corrected chi connectivity index (χ2v) is 5.86. The minimum absolute atomic E-state index is 0.462. The van der Waals surface area contributed by atoms with Crippen molar-refractivity contribution >= 4 is 23.6 Å². The van der Waals surface area contributed by atoms with Crippen LogP contribution in [0.1, 0.15) is 24.5 Å². The van der Waals surface area contributed by atoms with Crippen molar-refractivity contribution in [2.75, 3.05) is 13.7 Å². The largest absolute Gasteiger partial charge is 0.493 e. The van der Waals surface area contributed by atoms with E-state index in [-0.39, 0.29) is 0 Å². The average Bonchev–Trinajstić information content (AvgIpc) is 2.60. The van der Waals surface area contributed by atoms with Crippen LogP contribution in [0.25, 0.3) is 6.08 Å². The fourth-order valence-corrected chi connectivity index (χ4v) is 2.38. The highest BCUT2D eigenvalue weighted by molar-refractivity contribution is 6.30. The van der Waals surface area contributed by atoms with Crippen LogP contribution in [0.2, 0.25) is 5.02 Å². The van der Waals surface area contributed by atoms with Gasteiger partial charge in [-0.25, -0.2) is 4.79 Å².